The summed E-state index contributed by atoms with van der Waals surface area (Å²) in [4.78, 5) is 15.3. The number of aliphatic hydroxyl groups is 2. The van der Waals surface area contributed by atoms with E-state index in [-0.39, 0.29) is 19.0 Å². The Hall–Kier alpha value is -1.48. The van der Waals surface area contributed by atoms with Crippen LogP contribution < -0.4 is 11.4 Å². The predicted octanol–water partition coefficient (Wildman–Crippen LogP) is -2.15. The zero-order valence-electron chi connectivity index (χ0n) is 9.39. The van der Waals surface area contributed by atoms with E-state index in [1.807, 2.05) is 0 Å². The van der Waals surface area contributed by atoms with Crippen molar-refractivity contribution in [2.75, 3.05) is 18.9 Å². The molecule has 3 rings (SSSR count). The van der Waals surface area contributed by atoms with Gasteiger partial charge in [0.1, 0.15) is 23.6 Å². The molecule has 8 heteroatoms. The van der Waals surface area contributed by atoms with Crippen LogP contribution in [0.25, 0.3) is 0 Å². The van der Waals surface area contributed by atoms with Crippen molar-refractivity contribution < 1.29 is 19.7 Å². The van der Waals surface area contributed by atoms with E-state index in [9.17, 15) is 15.0 Å². The summed E-state index contributed by atoms with van der Waals surface area (Å²) in [6.07, 6.45) is -1.05. The van der Waals surface area contributed by atoms with E-state index in [2.05, 4.69) is 4.98 Å². The molecule has 0 aromatic carbocycles. The highest BCUT2D eigenvalue weighted by atomic mass is 16.7. The summed E-state index contributed by atoms with van der Waals surface area (Å²) in [5.41, 5.74) is 3.65. The van der Waals surface area contributed by atoms with Crippen LogP contribution in [0.1, 0.15) is 6.23 Å². The molecule has 0 radical (unpaired) electrons. The van der Waals surface area contributed by atoms with Crippen molar-refractivity contribution in [1.29, 1.82) is 0 Å². The Kier molecular flexibility index (Phi) is 2.42. The molecular formula is C10H13N3O5. The molecule has 8 nitrogen and oxygen atoms in total. The summed E-state index contributed by atoms with van der Waals surface area (Å²) in [7, 11) is 0. The normalized spacial score (nSPS) is 38.2. The Balaban J connectivity index is 1.98. The minimum atomic E-state index is -1.16. The summed E-state index contributed by atoms with van der Waals surface area (Å²) >= 11 is 0. The standard InChI is InChI=1S/C10H13N3O5/c11-5-1-2-13(9(16)12-5)8-6-7(15)10(3-14,18-8)4-17-6/h1-2,6-8,14-15H,3-4H2,(H2,11,12,16)/t6-,7?,8+,10-/m0/s1. The van der Waals surface area contributed by atoms with Crippen molar-refractivity contribution in [3.63, 3.8) is 0 Å². The molecule has 2 fully saturated rings. The van der Waals surface area contributed by atoms with E-state index in [1.165, 1.54) is 16.8 Å². The highest BCUT2D eigenvalue weighted by Crippen LogP contribution is 2.44. The molecule has 1 unspecified atom stereocenters. The van der Waals surface area contributed by atoms with Gasteiger partial charge in [0.05, 0.1) is 13.2 Å². The molecule has 98 valence electrons. The lowest BCUT2D eigenvalue weighted by Gasteiger charge is -2.29. The lowest BCUT2D eigenvalue weighted by molar-refractivity contribution is -0.187. The average Bonchev–Trinajstić information content (AvgIpc) is 2.81. The third kappa shape index (κ3) is 1.40. The van der Waals surface area contributed by atoms with Crippen LogP contribution in [0.5, 0.6) is 0 Å². The summed E-state index contributed by atoms with van der Waals surface area (Å²) < 4.78 is 12.1. The van der Waals surface area contributed by atoms with Gasteiger partial charge in [-0.1, -0.05) is 0 Å². The van der Waals surface area contributed by atoms with Gasteiger partial charge in [0, 0.05) is 6.20 Å². The van der Waals surface area contributed by atoms with E-state index in [0.29, 0.717) is 0 Å². The van der Waals surface area contributed by atoms with Crippen LogP contribution in [0.3, 0.4) is 0 Å². The second-order valence-corrected chi connectivity index (χ2v) is 4.49. The van der Waals surface area contributed by atoms with Gasteiger partial charge in [-0.2, -0.15) is 4.98 Å². The van der Waals surface area contributed by atoms with E-state index in [0.717, 1.165) is 0 Å². The summed E-state index contributed by atoms with van der Waals surface area (Å²) in [5.74, 6) is 0.109. The molecule has 0 spiro atoms. The SMILES string of the molecule is Nc1ccn([C@@H]2O[C@@]3(CO)CO[C@H]2C3O)c(=O)n1. The number of aromatic nitrogens is 2. The topological polar surface area (TPSA) is 120 Å². The molecule has 2 bridgehead atoms. The highest BCUT2D eigenvalue weighted by Gasteiger charge is 2.61. The van der Waals surface area contributed by atoms with Crippen LogP contribution >= 0.6 is 0 Å². The number of hydrogen-bond acceptors (Lipinski definition) is 7. The van der Waals surface area contributed by atoms with E-state index in [4.69, 9.17) is 15.2 Å². The van der Waals surface area contributed by atoms with Crippen LogP contribution in [0.4, 0.5) is 5.82 Å². The van der Waals surface area contributed by atoms with Gasteiger partial charge >= 0.3 is 5.69 Å². The minimum absolute atomic E-state index is 0.100. The monoisotopic (exact) mass is 255 g/mol. The predicted molar refractivity (Wildman–Crippen MR) is 58.6 cm³/mol. The van der Waals surface area contributed by atoms with E-state index in [1.54, 1.807) is 0 Å². The van der Waals surface area contributed by atoms with Crippen LogP contribution in [-0.4, -0.2) is 50.8 Å². The first kappa shape index (κ1) is 11.6. The zero-order chi connectivity index (χ0) is 12.9. The average molecular weight is 255 g/mol. The number of fused-ring (bicyclic) bond motifs is 2. The summed E-state index contributed by atoms with van der Waals surface area (Å²) in [5, 5.41) is 19.3. The minimum Gasteiger partial charge on any atom is -0.393 e. The number of rotatable bonds is 2. The molecule has 2 aliphatic heterocycles. The highest BCUT2D eigenvalue weighted by molar-refractivity contribution is 5.24. The largest absolute Gasteiger partial charge is 0.393 e. The fraction of sp³-hybridized carbons (Fsp3) is 0.600. The number of anilines is 1. The summed E-state index contributed by atoms with van der Waals surface area (Å²) in [6.45, 7) is -0.276. The molecule has 0 aliphatic carbocycles. The lowest BCUT2D eigenvalue weighted by Crippen LogP contribution is -2.44. The van der Waals surface area contributed by atoms with Gasteiger partial charge < -0.3 is 25.4 Å². The van der Waals surface area contributed by atoms with Crippen molar-refractivity contribution in [3.05, 3.63) is 22.7 Å². The van der Waals surface area contributed by atoms with Crippen molar-refractivity contribution in [3.8, 4) is 0 Å². The van der Waals surface area contributed by atoms with Gasteiger partial charge in [0.15, 0.2) is 6.23 Å². The molecule has 4 N–H and O–H groups in total. The van der Waals surface area contributed by atoms with E-state index < -0.39 is 29.7 Å². The zero-order valence-corrected chi connectivity index (χ0v) is 9.39. The Morgan fingerprint density at radius 2 is 2.44 bits per heavy atom. The van der Waals surface area contributed by atoms with Gasteiger partial charge in [-0.15, -0.1) is 0 Å². The van der Waals surface area contributed by atoms with Crippen LogP contribution in [0.15, 0.2) is 17.1 Å². The number of nitrogens with zero attached hydrogens (tertiary/aromatic N) is 2. The van der Waals surface area contributed by atoms with Crippen molar-refractivity contribution >= 4 is 5.82 Å². The third-order valence-corrected chi connectivity index (χ3v) is 3.40. The summed E-state index contributed by atoms with van der Waals surface area (Å²) in [6, 6.07) is 1.45. The molecule has 1 aromatic heterocycles. The second kappa shape index (κ2) is 3.75. The van der Waals surface area contributed by atoms with Crippen molar-refractivity contribution in [2.45, 2.75) is 24.0 Å². The molecule has 0 saturated carbocycles. The fourth-order valence-corrected chi connectivity index (χ4v) is 2.37. The third-order valence-electron chi connectivity index (χ3n) is 3.40. The maximum Gasteiger partial charge on any atom is 0.351 e. The number of nitrogen functional groups attached to an aromatic ring is 1. The van der Waals surface area contributed by atoms with Gasteiger partial charge in [0.2, 0.25) is 0 Å². The van der Waals surface area contributed by atoms with Crippen molar-refractivity contribution in [2.24, 2.45) is 0 Å². The second-order valence-electron chi connectivity index (χ2n) is 4.49. The van der Waals surface area contributed by atoms with E-state index >= 15 is 0 Å². The number of nitrogens with two attached hydrogens (primary N) is 1. The molecule has 18 heavy (non-hydrogen) atoms. The Morgan fingerprint density at radius 1 is 1.67 bits per heavy atom. The number of aliphatic hydroxyl groups excluding tert-OH is 2. The Labute approximate surface area is 102 Å². The number of ether oxygens (including phenoxy) is 2. The molecule has 2 saturated heterocycles. The first-order valence-corrected chi connectivity index (χ1v) is 5.50. The maximum atomic E-state index is 11.7. The van der Waals surface area contributed by atoms with Crippen LogP contribution in [-0.2, 0) is 9.47 Å². The maximum absolute atomic E-state index is 11.7. The van der Waals surface area contributed by atoms with Gasteiger partial charge in [0.25, 0.3) is 0 Å². The van der Waals surface area contributed by atoms with Gasteiger partial charge in [-0.3, -0.25) is 4.57 Å². The number of hydrogen-bond donors (Lipinski definition) is 3. The molecule has 0 amide bonds. The van der Waals surface area contributed by atoms with Crippen molar-refractivity contribution in [1.82, 2.24) is 9.55 Å². The molecule has 4 atom stereocenters. The molecule has 2 aliphatic rings. The van der Waals surface area contributed by atoms with Gasteiger partial charge in [-0.25, -0.2) is 4.79 Å². The molecular weight excluding hydrogens is 242 g/mol. The molecule has 3 heterocycles. The quantitative estimate of drug-likeness (QED) is 0.550. The first-order valence-electron chi connectivity index (χ1n) is 5.50. The fourth-order valence-electron chi connectivity index (χ4n) is 2.37. The smallest absolute Gasteiger partial charge is 0.351 e. The Bertz CT molecular complexity index is 532. The molecule has 1 aromatic rings. The lowest BCUT2D eigenvalue weighted by atomic mass is 10.0. The van der Waals surface area contributed by atoms with Crippen LogP contribution in [0, 0.1) is 0 Å². The van der Waals surface area contributed by atoms with Crippen LogP contribution in [0.2, 0.25) is 0 Å². The van der Waals surface area contributed by atoms with Gasteiger partial charge in [-0.05, 0) is 6.07 Å². The first-order chi connectivity index (χ1) is 8.57. The Morgan fingerprint density at radius 3 is 3.06 bits per heavy atom.